The molecule has 1 heterocycles. The second-order valence-electron chi connectivity index (χ2n) is 8.02. The van der Waals surface area contributed by atoms with Gasteiger partial charge in [0.15, 0.2) is 0 Å². The van der Waals surface area contributed by atoms with Gasteiger partial charge in [0.05, 0.1) is 6.54 Å². The topological polar surface area (TPSA) is 38.1 Å². The lowest BCUT2D eigenvalue weighted by Gasteiger charge is -2.23. The van der Waals surface area contributed by atoms with E-state index in [4.69, 9.17) is 11.6 Å². The minimum atomic E-state index is 0.0430. The van der Waals surface area contributed by atoms with E-state index in [0.29, 0.717) is 23.2 Å². The molecule has 2 aromatic carbocycles. The fourth-order valence-electron chi connectivity index (χ4n) is 3.93. The quantitative estimate of drug-likeness (QED) is 0.555. The average molecular weight is 408 g/mol. The van der Waals surface area contributed by atoms with E-state index in [1.54, 1.807) is 24.3 Å². The highest BCUT2D eigenvalue weighted by Crippen LogP contribution is 2.30. The third-order valence-electron chi connectivity index (χ3n) is 5.62. The van der Waals surface area contributed by atoms with Gasteiger partial charge in [-0.2, -0.15) is 0 Å². The highest BCUT2D eigenvalue weighted by Gasteiger charge is 2.34. The van der Waals surface area contributed by atoms with Crippen LogP contribution >= 0.6 is 11.6 Å². The van der Waals surface area contributed by atoms with E-state index < -0.39 is 0 Å². The predicted octanol–water partition coefficient (Wildman–Crippen LogP) is 5.31. The number of carbonyl (C=O) groups is 1. The van der Waals surface area contributed by atoms with E-state index in [1.165, 1.54) is 22.3 Å². The lowest BCUT2D eigenvalue weighted by atomic mass is 10.00. The monoisotopic (exact) mass is 407 g/mol. The first-order valence-corrected chi connectivity index (χ1v) is 10.4. The number of aromatic nitrogens is 2. The molecule has 1 amide bonds. The van der Waals surface area contributed by atoms with E-state index in [2.05, 4.69) is 42.5 Å². The summed E-state index contributed by atoms with van der Waals surface area (Å²) >= 11 is 5.98. The van der Waals surface area contributed by atoms with E-state index in [1.807, 2.05) is 17.3 Å². The average Bonchev–Trinajstić information content (AvgIpc) is 3.42. The van der Waals surface area contributed by atoms with Crippen molar-refractivity contribution in [3.8, 4) is 0 Å². The van der Waals surface area contributed by atoms with Crippen LogP contribution in [0.5, 0.6) is 0 Å². The van der Waals surface area contributed by atoms with Crippen molar-refractivity contribution in [1.29, 1.82) is 0 Å². The van der Waals surface area contributed by atoms with Crippen molar-refractivity contribution in [2.45, 2.75) is 52.7 Å². The third kappa shape index (κ3) is 4.38. The maximum Gasteiger partial charge on any atom is 0.254 e. The van der Waals surface area contributed by atoms with Crippen molar-refractivity contribution in [1.82, 2.24) is 14.5 Å². The summed E-state index contributed by atoms with van der Waals surface area (Å²) in [6, 6.07) is 11.9. The minimum absolute atomic E-state index is 0.0430. The number of amides is 1. The Morgan fingerprint density at radius 2 is 1.79 bits per heavy atom. The number of rotatable bonds is 6. The molecule has 0 aliphatic heterocycles. The molecule has 29 heavy (non-hydrogen) atoms. The van der Waals surface area contributed by atoms with E-state index in [-0.39, 0.29) is 5.91 Å². The molecule has 5 heteroatoms. The summed E-state index contributed by atoms with van der Waals surface area (Å²) in [5.74, 6) is 0.958. The van der Waals surface area contributed by atoms with E-state index in [0.717, 1.165) is 25.2 Å². The second-order valence-corrected chi connectivity index (χ2v) is 8.46. The van der Waals surface area contributed by atoms with Crippen LogP contribution in [-0.4, -0.2) is 26.4 Å². The predicted molar refractivity (Wildman–Crippen MR) is 116 cm³/mol. The summed E-state index contributed by atoms with van der Waals surface area (Å²) in [5.41, 5.74) is 5.85. The smallest absolute Gasteiger partial charge is 0.254 e. The van der Waals surface area contributed by atoms with Gasteiger partial charge >= 0.3 is 0 Å². The molecule has 1 fully saturated rings. The Balaban J connectivity index is 1.57. The van der Waals surface area contributed by atoms with Gasteiger partial charge < -0.3 is 9.47 Å². The van der Waals surface area contributed by atoms with Crippen LogP contribution in [0.25, 0.3) is 0 Å². The molecule has 0 N–H and O–H groups in total. The van der Waals surface area contributed by atoms with Crippen LogP contribution in [0.1, 0.15) is 51.3 Å². The lowest BCUT2D eigenvalue weighted by molar-refractivity contribution is 0.0723. The fraction of sp³-hybridized carbons (Fsp3) is 0.333. The van der Waals surface area contributed by atoms with Crippen LogP contribution in [0.15, 0.2) is 48.8 Å². The first-order valence-electron chi connectivity index (χ1n) is 10.1. The molecule has 1 aliphatic rings. The molecule has 1 aliphatic carbocycles. The Morgan fingerprint density at radius 3 is 2.41 bits per heavy atom. The van der Waals surface area contributed by atoms with Crippen LogP contribution in [0, 0.1) is 20.8 Å². The Labute approximate surface area is 177 Å². The third-order valence-corrected chi connectivity index (χ3v) is 5.87. The molecule has 4 rings (SSSR count). The maximum atomic E-state index is 13.1. The molecule has 0 bridgehead atoms. The Bertz CT molecular complexity index is 1010. The van der Waals surface area contributed by atoms with Gasteiger partial charge in [-0.05, 0) is 74.6 Å². The van der Waals surface area contributed by atoms with Crippen molar-refractivity contribution < 1.29 is 4.79 Å². The zero-order chi connectivity index (χ0) is 20.5. The number of hydrogen-bond acceptors (Lipinski definition) is 2. The number of aryl methyl sites for hydroxylation is 3. The summed E-state index contributed by atoms with van der Waals surface area (Å²) in [6.45, 7) is 7.73. The van der Waals surface area contributed by atoms with Gasteiger partial charge in [-0.15, -0.1) is 0 Å². The van der Waals surface area contributed by atoms with Crippen LogP contribution in [0.4, 0.5) is 0 Å². The molecule has 0 atom stereocenters. The molecule has 1 saturated carbocycles. The number of imidazole rings is 1. The fourth-order valence-corrected chi connectivity index (χ4v) is 4.05. The summed E-state index contributed by atoms with van der Waals surface area (Å²) in [6.07, 6.45) is 5.93. The lowest BCUT2D eigenvalue weighted by Crippen LogP contribution is -2.33. The molecule has 0 saturated heterocycles. The van der Waals surface area contributed by atoms with Gasteiger partial charge in [-0.3, -0.25) is 4.79 Å². The summed E-state index contributed by atoms with van der Waals surface area (Å²) in [7, 11) is 0. The van der Waals surface area contributed by atoms with Crippen LogP contribution < -0.4 is 0 Å². The van der Waals surface area contributed by atoms with Crippen molar-refractivity contribution in [3.63, 3.8) is 0 Å². The molecule has 0 unspecified atom stereocenters. The summed E-state index contributed by atoms with van der Waals surface area (Å²) in [4.78, 5) is 19.7. The zero-order valence-electron chi connectivity index (χ0n) is 17.2. The van der Waals surface area contributed by atoms with Crippen molar-refractivity contribution in [3.05, 3.63) is 87.5 Å². The van der Waals surface area contributed by atoms with Gasteiger partial charge in [0.25, 0.3) is 5.91 Å². The highest BCUT2D eigenvalue weighted by atomic mass is 35.5. The standard InChI is InChI=1S/C24H26ClN3O/c1-16-12-17(2)22(18(3)13-16)14-27-11-10-26-23(27)15-28(21-8-9-21)24(29)19-4-6-20(25)7-5-19/h4-7,10-13,21H,8-9,14-15H2,1-3H3. The van der Waals surface area contributed by atoms with Gasteiger partial charge in [-0.1, -0.05) is 29.3 Å². The summed E-state index contributed by atoms with van der Waals surface area (Å²) < 4.78 is 2.16. The molecule has 0 radical (unpaired) electrons. The van der Waals surface area contributed by atoms with Crippen molar-refractivity contribution in [2.75, 3.05) is 0 Å². The van der Waals surface area contributed by atoms with E-state index in [9.17, 15) is 4.79 Å². The van der Waals surface area contributed by atoms with Crippen LogP contribution in [0.3, 0.4) is 0 Å². The number of carbonyl (C=O) groups excluding carboxylic acids is 1. The Hall–Kier alpha value is -2.59. The van der Waals surface area contributed by atoms with Gasteiger partial charge in [-0.25, -0.2) is 4.98 Å². The first kappa shape index (κ1) is 19.7. The van der Waals surface area contributed by atoms with Crippen LogP contribution in [0.2, 0.25) is 5.02 Å². The molecule has 3 aromatic rings. The SMILES string of the molecule is Cc1cc(C)c(Cn2ccnc2CN(C(=O)c2ccc(Cl)cc2)C2CC2)c(C)c1. The number of halogens is 1. The summed E-state index contributed by atoms with van der Waals surface area (Å²) in [5, 5.41) is 0.638. The van der Waals surface area contributed by atoms with Gasteiger partial charge in [0.1, 0.15) is 5.82 Å². The number of benzene rings is 2. The van der Waals surface area contributed by atoms with E-state index >= 15 is 0 Å². The van der Waals surface area contributed by atoms with Gasteiger partial charge in [0, 0.05) is 35.6 Å². The molecule has 150 valence electrons. The highest BCUT2D eigenvalue weighted by molar-refractivity contribution is 6.30. The number of hydrogen-bond donors (Lipinski definition) is 0. The first-order chi connectivity index (χ1) is 13.9. The van der Waals surface area contributed by atoms with Gasteiger partial charge in [0.2, 0.25) is 0 Å². The zero-order valence-corrected chi connectivity index (χ0v) is 17.9. The number of nitrogens with zero attached hydrogens (tertiary/aromatic N) is 3. The van der Waals surface area contributed by atoms with Crippen molar-refractivity contribution >= 4 is 17.5 Å². The molecule has 4 nitrogen and oxygen atoms in total. The van der Waals surface area contributed by atoms with Crippen molar-refractivity contribution in [2.24, 2.45) is 0 Å². The minimum Gasteiger partial charge on any atom is -0.329 e. The molecule has 1 aromatic heterocycles. The second kappa shape index (κ2) is 8.03. The Kier molecular flexibility index (Phi) is 5.46. The van der Waals surface area contributed by atoms with Crippen LogP contribution in [-0.2, 0) is 13.1 Å². The molecular weight excluding hydrogens is 382 g/mol. The Morgan fingerprint density at radius 1 is 1.14 bits per heavy atom. The molecule has 0 spiro atoms. The normalized spacial score (nSPS) is 13.5. The molecular formula is C24H26ClN3O. The maximum absolute atomic E-state index is 13.1. The largest absolute Gasteiger partial charge is 0.329 e.